The van der Waals surface area contributed by atoms with Gasteiger partial charge in [0.2, 0.25) is 5.91 Å². The van der Waals surface area contributed by atoms with Crippen molar-refractivity contribution in [2.45, 2.75) is 32.4 Å². The SMILES string of the molecule is CC(N)C1CCCN(CC(=O)NCc2ccco2)C1. The van der Waals surface area contributed by atoms with Gasteiger partial charge in [-0.2, -0.15) is 0 Å². The number of carbonyl (C=O) groups is 1. The molecule has 0 saturated carbocycles. The van der Waals surface area contributed by atoms with Gasteiger partial charge in [0, 0.05) is 12.6 Å². The minimum atomic E-state index is 0.0433. The Morgan fingerprint density at radius 1 is 1.68 bits per heavy atom. The van der Waals surface area contributed by atoms with Crippen LogP contribution in [0.4, 0.5) is 0 Å². The highest BCUT2D eigenvalue weighted by Gasteiger charge is 2.23. The van der Waals surface area contributed by atoms with Gasteiger partial charge in [0.25, 0.3) is 0 Å². The van der Waals surface area contributed by atoms with Crippen molar-refractivity contribution in [2.75, 3.05) is 19.6 Å². The maximum absolute atomic E-state index is 11.9. The van der Waals surface area contributed by atoms with Gasteiger partial charge < -0.3 is 15.5 Å². The number of rotatable bonds is 5. The number of hydrogen-bond acceptors (Lipinski definition) is 4. The Kier molecular flexibility index (Phi) is 4.99. The number of likely N-dealkylation sites (tertiary alicyclic amines) is 1. The number of amides is 1. The molecule has 2 atom stereocenters. The van der Waals surface area contributed by atoms with Crippen molar-refractivity contribution in [3.8, 4) is 0 Å². The van der Waals surface area contributed by atoms with E-state index >= 15 is 0 Å². The van der Waals surface area contributed by atoms with Gasteiger partial charge in [-0.05, 0) is 44.4 Å². The topological polar surface area (TPSA) is 71.5 Å². The molecule has 1 aliphatic heterocycles. The van der Waals surface area contributed by atoms with Gasteiger partial charge in [0.1, 0.15) is 5.76 Å². The van der Waals surface area contributed by atoms with Crippen molar-refractivity contribution >= 4 is 5.91 Å². The van der Waals surface area contributed by atoms with Crippen molar-refractivity contribution in [3.63, 3.8) is 0 Å². The van der Waals surface area contributed by atoms with E-state index in [9.17, 15) is 4.79 Å². The van der Waals surface area contributed by atoms with Crippen LogP contribution < -0.4 is 11.1 Å². The molecule has 1 amide bonds. The number of furan rings is 1. The average Bonchev–Trinajstić information content (AvgIpc) is 2.90. The molecule has 1 aromatic heterocycles. The molecule has 5 heteroatoms. The zero-order valence-electron chi connectivity index (χ0n) is 11.5. The standard InChI is InChI=1S/C14H23N3O2/c1-11(15)12-4-2-6-17(9-12)10-14(18)16-8-13-5-3-7-19-13/h3,5,7,11-12H,2,4,6,8-10,15H2,1H3,(H,16,18). The number of nitrogens with two attached hydrogens (primary N) is 1. The molecule has 0 spiro atoms. The first kappa shape index (κ1) is 14.1. The van der Waals surface area contributed by atoms with Crippen LogP contribution in [-0.2, 0) is 11.3 Å². The Morgan fingerprint density at radius 3 is 3.21 bits per heavy atom. The first-order valence-corrected chi connectivity index (χ1v) is 6.92. The number of hydrogen-bond donors (Lipinski definition) is 2. The Balaban J connectivity index is 1.72. The predicted molar refractivity (Wildman–Crippen MR) is 73.4 cm³/mol. The fraction of sp³-hybridized carbons (Fsp3) is 0.643. The first-order valence-electron chi connectivity index (χ1n) is 6.92. The van der Waals surface area contributed by atoms with Gasteiger partial charge in [-0.1, -0.05) is 0 Å². The van der Waals surface area contributed by atoms with Crippen molar-refractivity contribution in [3.05, 3.63) is 24.2 Å². The van der Waals surface area contributed by atoms with Crippen molar-refractivity contribution in [2.24, 2.45) is 11.7 Å². The molecule has 0 aliphatic carbocycles. The van der Waals surface area contributed by atoms with Gasteiger partial charge >= 0.3 is 0 Å². The van der Waals surface area contributed by atoms with E-state index in [1.165, 1.54) is 6.42 Å². The van der Waals surface area contributed by atoms with Crippen LogP contribution in [0.3, 0.4) is 0 Å². The highest BCUT2D eigenvalue weighted by molar-refractivity contribution is 5.77. The van der Waals surface area contributed by atoms with E-state index in [0.717, 1.165) is 25.3 Å². The molecule has 1 aromatic rings. The lowest BCUT2D eigenvalue weighted by molar-refractivity contribution is -0.123. The lowest BCUT2D eigenvalue weighted by atomic mass is 9.92. The Morgan fingerprint density at radius 2 is 2.53 bits per heavy atom. The van der Waals surface area contributed by atoms with E-state index in [1.807, 2.05) is 19.1 Å². The van der Waals surface area contributed by atoms with Crippen LogP contribution in [0.15, 0.2) is 22.8 Å². The normalized spacial score (nSPS) is 22.1. The third-order valence-corrected chi connectivity index (χ3v) is 3.69. The summed E-state index contributed by atoms with van der Waals surface area (Å²) in [6.07, 6.45) is 3.90. The second-order valence-electron chi connectivity index (χ2n) is 5.35. The summed E-state index contributed by atoms with van der Waals surface area (Å²) < 4.78 is 5.18. The second-order valence-corrected chi connectivity index (χ2v) is 5.35. The van der Waals surface area contributed by atoms with Crippen LogP contribution in [0.25, 0.3) is 0 Å². The third-order valence-electron chi connectivity index (χ3n) is 3.69. The summed E-state index contributed by atoms with van der Waals surface area (Å²) in [6.45, 7) is 4.86. The van der Waals surface area contributed by atoms with Gasteiger partial charge in [0.05, 0.1) is 19.4 Å². The van der Waals surface area contributed by atoms with Crippen LogP contribution >= 0.6 is 0 Å². The molecule has 2 heterocycles. The minimum Gasteiger partial charge on any atom is -0.467 e. The van der Waals surface area contributed by atoms with Crippen LogP contribution in [0.1, 0.15) is 25.5 Å². The molecule has 3 N–H and O–H groups in total. The molecule has 1 fully saturated rings. The van der Waals surface area contributed by atoms with Crippen LogP contribution in [-0.4, -0.2) is 36.5 Å². The minimum absolute atomic E-state index is 0.0433. The summed E-state index contributed by atoms with van der Waals surface area (Å²) in [7, 11) is 0. The Hall–Kier alpha value is -1.33. The van der Waals surface area contributed by atoms with Gasteiger partial charge in [-0.15, -0.1) is 0 Å². The summed E-state index contributed by atoms with van der Waals surface area (Å²) in [5.74, 6) is 1.33. The zero-order chi connectivity index (χ0) is 13.7. The molecule has 2 unspecified atom stereocenters. The van der Waals surface area contributed by atoms with Crippen LogP contribution in [0, 0.1) is 5.92 Å². The quantitative estimate of drug-likeness (QED) is 0.831. The molecular weight excluding hydrogens is 242 g/mol. The number of nitrogens with zero attached hydrogens (tertiary/aromatic N) is 1. The van der Waals surface area contributed by atoms with Crippen LogP contribution in [0.2, 0.25) is 0 Å². The second kappa shape index (κ2) is 6.73. The summed E-state index contributed by atoms with van der Waals surface area (Å²) >= 11 is 0. The average molecular weight is 265 g/mol. The highest BCUT2D eigenvalue weighted by atomic mass is 16.3. The van der Waals surface area contributed by atoms with E-state index in [1.54, 1.807) is 6.26 Å². The summed E-state index contributed by atoms with van der Waals surface area (Å²) in [4.78, 5) is 14.0. The molecule has 0 aromatic carbocycles. The van der Waals surface area contributed by atoms with Gasteiger partial charge in [-0.3, -0.25) is 9.69 Å². The highest BCUT2D eigenvalue weighted by Crippen LogP contribution is 2.18. The van der Waals surface area contributed by atoms with E-state index in [4.69, 9.17) is 10.2 Å². The van der Waals surface area contributed by atoms with E-state index < -0.39 is 0 Å². The van der Waals surface area contributed by atoms with Crippen LogP contribution in [0.5, 0.6) is 0 Å². The van der Waals surface area contributed by atoms with Crippen molar-refractivity contribution in [1.82, 2.24) is 10.2 Å². The monoisotopic (exact) mass is 265 g/mol. The molecule has 0 radical (unpaired) electrons. The maximum atomic E-state index is 11.9. The maximum Gasteiger partial charge on any atom is 0.234 e. The largest absolute Gasteiger partial charge is 0.467 e. The molecule has 5 nitrogen and oxygen atoms in total. The summed E-state index contributed by atoms with van der Waals surface area (Å²) in [5.41, 5.74) is 5.94. The van der Waals surface area contributed by atoms with E-state index in [0.29, 0.717) is 19.0 Å². The smallest absolute Gasteiger partial charge is 0.234 e. The Bertz CT molecular complexity index is 389. The fourth-order valence-electron chi connectivity index (χ4n) is 2.52. The number of nitrogens with one attached hydrogen (secondary N) is 1. The number of piperidine rings is 1. The molecule has 106 valence electrons. The molecule has 0 bridgehead atoms. The van der Waals surface area contributed by atoms with E-state index in [-0.39, 0.29) is 11.9 Å². The van der Waals surface area contributed by atoms with Crippen molar-refractivity contribution in [1.29, 1.82) is 0 Å². The third kappa shape index (κ3) is 4.36. The zero-order valence-corrected chi connectivity index (χ0v) is 11.5. The molecule has 2 rings (SSSR count). The Labute approximate surface area is 114 Å². The molecule has 1 saturated heterocycles. The summed E-state index contributed by atoms with van der Waals surface area (Å²) in [6, 6.07) is 3.88. The van der Waals surface area contributed by atoms with Crippen molar-refractivity contribution < 1.29 is 9.21 Å². The fourth-order valence-corrected chi connectivity index (χ4v) is 2.52. The predicted octanol–water partition coefficient (Wildman–Crippen LogP) is 0.955. The number of carbonyl (C=O) groups excluding carboxylic acids is 1. The molecule has 19 heavy (non-hydrogen) atoms. The molecular formula is C14H23N3O2. The lowest BCUT2D eigenvalue weighted by Gasteiger charge is -2.34. The first-order chi connectivity index (χ1) is 9.15. The van der Waals surface area contributed by atoms with Gasteiger partial charge in [0.15, 0.2) is 0 Å². The van der Waals surface area contributed by atoms with E-state index in [2.05, 4.69) is 10.2 Å². The molecule has 1 aliphatic rings. The summed E-state index contributed by atoms with van der Waals surface area (Å²) in [5, 5.41) is 2.87. The lowest BCUT2D eigenvalue weighted by Crippen LogP contribution is -2.46. The van der Waals surface area contributed by atoms with Gasteiger partial charge in [-0.25, -0.2) is 0 Å².